The van der Waals surface area contributed by atoms with E-state index in [0.717, 1.165) is 49.6 Å². The summed E-state index contributed by atoms with van der Waals surface area (Å²) in [6.07, 6.45) is 0.821. The van der Waals surface area contributed by atoms with Crippen molar-refractivity contribution in [3.05, 3.63) is 233 Å². The number of esters is 1. The second-order valence-corrected chi connectivity index (χ2v) is 20.4. The summed E-state index contributed by atoms with van der Waals surface area (Å²) in [5, 5.41) is 47.9. The molecule has 2 amide bonds. The van der Waals surface area contributed by atoms with Gasteiger partial charge >= 0.3 is 11.9 Å². The second-order valence-electron chi connectivity index (χ2n) is 19.5. The van der Waals surface area contributed by atoms with Crippen molar-refractivity contribution in [2.75, 3.05) is 42.6 Å². The van der Waals surface area contributed by atoms with E-state index in [1.165, 1.54) is 31.9 Å². The number of carbonyl (C=O) groups is 6. The molecule has 1 aromatic heterocycles. The number of nitrogen functional groups attached to an aromatic ring is 1. The number of hydrogen-bond acceptors (Lipinski definition) is 12. The van der Waals surface area contributed by atoms with E-state index in [2.05, 4.69) is 58.4 Å². The number of hydrogen-bond donors (Lipinski definition) is 6. The zero-order valence-electron chi connectivity index (χ0n) is 48.4. The smallest absolute Gasteiger partial charge is 0.335 e. The molecular formula is C70H62Cl2N6O10. The van der Waals surface area contributed by atoms with Crippen LogP contribution in [0.3, 0.4) is 0 Å². The minimum Gasteiger partial charge on any atom is -0.870 e. The van der Waals surface area contributed by atoms with Crippen LogP contribution in [0.5, 0.6) is 5.75 Å². The zero-order valence-corrected chi connectivity index (χ0v) is 49.9. The SMILES string of the molecule is CC(=O)OCC(=O)c1ccc(Cl)cc1.CC[NH+](CC)CC.Nc1cccc2ccccc12.O=C(/C=N/O)Nc1cccc2ccccc12.O=C(O)c1c([O-])c(-c2ccc(Cl)cc2)nc2c1ccc1ccccc12.O=C1Nc2c(ccc3ccccc23)C1=O. The predicted molar refractivity (Wildman–Crippen MR) is 349 cm³/mol. The van der Waals surface area contributed by atoms with Gasteiger partial charge in [-0.2, -0.15) is 0 Å². The quantitative estimate of drug-likeness (QED) is 0.0109. The van der Waals surface area contributed by atoms with Gasteiger partial charge < -0.3 is 41.4 Å². The minimum absolute atomic E-state index is 0.109. The first-order chi connectivity index (χ1) is 42.5. The lowest BCUT2D eigenvalue weighted by Crippen LogP contribution is -3.11. The molecular weight excluding hydrogens is 1160 g/mol. The van der Waals surface area contributed by atoms with Gasteiger partial charge in [-0.3, -0.25) is 24.0 Å². The maximum Gasteiger partial charge on any atom is 0.335 e. The maximum absolute atomic E-state index is 12.8. The highest BCUT2D eigenvalue weighted by Crippen LogP contribution is 2.37. The Morgan fingerprint density at radius 1 is 0.636 bits per heavy atom. The molecule has 88 heavy (non-hydrogen) atoms. The van der Waals surface area contributed by atoms with E-state index >= 15 is 0 Å². The Balaban J connectivity index is 0.000000157. The summed E-state index contributed by atoms with van der Waals surface area (Å²) in [7, 11) is 0. The van der Waals surface area contributed by atoms with Crippen molar-refractivity contribution in [3.63, 3.8) is 0 Å². The van der Waals surface area contributed by atoms with E-state index in [-0.39, 0.29) is 23.6 Å². The van der Waals surface area contributed by atoms with Gasteiger partial charge in [0.2, 0.25) is 0 Å². The molecule has 0 aliphatic carbocycles. The lowest BCUT2D eigenvalue weighted by atomic mass is 9.99. The summed E-state index contributed by atoms with van der Waals surface area (Å²) in [4.78, 5) is 73.6. The van der Waals surface area contributed by atoms with Crippen molar-refractivity contribution in [2.45, 2.75) is 27.7 Å². The molecule has 0 fully saturated rings. The number of aromatic nitrogens is 1. The van der Waals surface area contributed by atoms with Crippen LogP contribution < -0.4 is 26.4 Å². The zero-order chi connectivity index (χ0) is 63.3. The third-order valence-corrected chi connectivity index (χ3v) is 14.4. The van der Waals surface area contributed by atoms with Crippen LogP contribution in [-0.4, -0.2) is 83.1 Å². The van der Waals surface area contributed by atoms with Crippen LogP contribution in [0.4, 0.5) is 17.1 Å². The summed E-state index contributed by atoms with van der Waals surface area (Å²) < 4.78 is 4.57. The monoisotopic (exact) mass is 1220 g/mol. The van der Waals surface area contributed by atoms with Gasteiger partial charge in [0.15, 0.2) is 12.4 Å². The first kappa shape index (κ1) is 65.0. The normalized spacial score (nSPS) is 11.1. The Bertz CT molecular complexity index is 4330. The molecule has 1 aliphatic rings. The number of halogens is 2. The molecule has 446 valence electrons. The Kier molecular flexibility index (Phi) is 23.3. The van der Waals surface area contributed by atoms with Gasteiger partial charge in [0.25, 0.3) is 17.6 Å². The molecule has 11 aromatic rings. The van der Waals surface area contributed by atoms with Crippen molar-refractivity contribution < 1.29 is 53.8 Å². The predicted octanol–water partition coefficient (Wildman–Crippen LogP) is 13.1. The molecule has 18 heteroatoms. The van der Waals surface area contributed by atoms with Crippen molar-refractivity contribution in [3.8, 4) is 17.0 Å². The third kappa shape index (κ3) is 16.9. The Morgan fingerprint density at radius 2 is 1.14 bits per heavy atom. The summed E-state index contributed by atoms with van der Waals surface area (Å²) in [6, 6.07) is 62.6. The van der Waals surface area contributed by atoms with Crippen LogP contribution >= 0.6 is 23.2 Å². The topological polar surface area (TPSA) is 255 Å². The number of carbonyl (C=O) groups excluding carboxylic acids is 5. The number of Topliss-reactive ketones (excluding diaryl/α,β-unsaturated/α-hetero) is 2. The summed E-state index contributed by atoms with van der Waals surface area (Å²) in [5.41, 5.74) is 9.78. The number of carboxylic acid groups (broad SMARTS) is 1. The number of nitrogens with two attached hydrogens (primary N) is 1. The number of rotatable bonds is 10. The van der Waals surface area contributed by atoms with Crippen molar-refractivity contribution in [2.24, 2.45) is 5.16 Å². The number of nitrogens with one attached hydrogen (secondary N) is 3. The Hall–Kier alpha value is -10.5. The first-order valence-electron chi connectivity index (χ1n) is 27.8. The van der Waals surface area contributed by atoms with Crippen LogP contribution in [0, 0.1) is 0 Å². The summed E-state index contributed by atoms with van der Waals surface area (Å²) in [6.45, 7) is 11.5. The van der Waals surface area contributed by atoms with Gasteiger partial charge in [0, 0.05) is 60.8 Å². The number of nitrogens with zero attached hydrogens (tertiary/aromatic N) is 2. The summed E-state index contributed by atoms with van der Waals surface area (Å²) >= 11 is 11.5. The molecule has 1 aliphatic heterocycles. The molecule has 2 heterocycles. The standard InChI is InChI=1S/C20H12ClNO3.C12H10N2O2.C12H7NO2.C10H9ClO3.C10H9N.C6H15N/c21-13-8-5-12(6-9-13)17-19(23)16(20(24)25)15-10-7-11-3-1-2-4-14(11)18(15)22-17;15-12(8-13-16)14-11-7-3-5-9-4-1-2-6-10(9)11;14-11-9-6-5-7-3-1-2-4-8(7)10(9)13-12(11)15;1-7(12)14-6-10(13)8-2-4-9(11)5-3-8;11-10-7-3-5-8-4-1-2-6-9(8)10;1-4-7(5-2)6-3/h1-10,23H,(H,24,25);1-8,16H,(H,14,15);1-6H,(H,13,14,15);2-5H,6H2,1H3;1-7H,11H2;4-6H2,1-3H3/b;13-8+;;;;. The van der Waals surface area contributed by atoms with E-state index in [1.54, 1.807) is 77.7 Å². The van der Waals surface area contributed by atoms with Gasteiger partial charge in [0.05, 0.1) is 47.7 Å². The van der Waals surface area contributed by atoms with Crippen LogP contribution in [0.15, 0.2) is 211 Å². The van der Waals surface area contributed by atoms with E-state index < -0.39 is 35.3 Å². The average Bonchev–Trinajstić information content (AvgIpc) is 1.66. The number of ether oxygens (including phenoxy) is 1. The number of benzene rings is 10. The molecule has 0 unspecified atom stereocenters. The molecule has 0 saturated heterocycles. The number of amides is 2. The molecule has 16 nitrogen and oxygen atoms in total. The highest BCUT2D eigenvalue weighted by molar-refractivity contribution is 6.53. The molecule has 7 N–H and O–H groups in total. The Morgan fingerprint density at radius 3 is 1.69 bits per heavy atom. The van der Waals surface area contributed by atoms with Crippen LogP contribution in [0.1, 0.15) is 58.8 Å². The van der Waals surface area contributed by atoms with Crippen molar-refractivity contribution >= 4 is 136 Å². The fourth-order valence-electron chi connectivity index (χ4n) is 9.32. The fraction of sp³-hybridized carbons (Fsp3) is 0.114. The molecule has 0 bridgehead atoms. The number of quaternary nitrogens is 1. The van der Waals surface area contributed by atoms with Gasteiger partial charge in [-0.15, -0.1) is 0 Å². The number of oxime groups is 1. The number of aromatic carboxylic acids is 1. The van der Waals surface area contributed by atoms with Crippen molar-refractivity contribution in [1.82, 2.24) is 4.98 Å². The lowest BCUT2D eigenvalue weighted by Gasteiger charge is -2.19. The number of pyridine rings is 1. The largest absolute Gasteiger partial charge is 0.870 e. The van der Waals surface area contributed by atoms with Crippen LogP contribution in [0.25, 0.3) is 65.3 Å². The molecule has 12 rings (SSSR count). The summed E-state index contributed by atoms with van der Waals surface area (Å²) in [5.74, 6) is -4.01. The second kappa shape index (κ2) is 31.6. The molecule has 0 atom stereocenters. The van der Waals surface area contributed by atoms with E-state index in [0.29, 0.717) is 49.0 Å². The maximum atomic E-state index is 12.8. The minimum atomic E-state index is -1.26. The van der Waals surface area contributed by atoms with Gasteiger partial charge in [-0.1, -0.05) is 186 Å². The molecule has 0 radical (unpaired) electrons. The molecule has 10 aromatic carbocycles. The number of ketones is 2. The average molecular weight is 1220 g/mol. The van der Waals surface area contributed by atoms with Crippen LogP contribution in [0.2, 0.25) is 10.0 Å². The highest BCUT2D eigenvalue weighted by Gasteiger charge is 2.29. The van der Waals surface area contributed by atoms with E-state index in [4.69, 9.17) is 34.1 Å². The Labute approximate surface area is 517 Å². The number of carboxylic acids is 1. The third-order valence-electron chi connectivity index (χ3n) is 13.9. The highest BCUT2D eigenvalue weighted by atomic mass is 35.5. The van der Waals surface area contributed by atoms with Crippen LogP contribution in [-0.2, 0) is 19.1 Å². The molecule has 0 saturated carbocycles. The van der Waals surface area contributed by atoms with E-state index in [1.807, 2.05) is 121 Å². The lowest BCUT2D eigenvalue weighted by molar-refractivity contribution is -0.894. The fourth-order valence-corrected chi connectivity index (χ4v) is 9.57. The van der Waals surface area contributed by atoms with E-state index in [9.17, 15) is 39.0 Å². The van der Waals surface area contributed by atoms with Gasteiger partial charge in [0.1, 0.15) is 6.21 Å². The number of fused-ring (bicyclic) bond motifs is 8. The van der Waals surface area contributed by atoms with Gasteiger partial charge in [-0.25, -0.2) is 9.78 Å². The molecule has 0 spiro atoms. The van der Waals surface area contributed by atoms with Crippen molar-refractivity contribution in [1.29, 1.82) is 0 Å². The number of anilines is 3. The van der Waals surface area contributed by atoms with Gasteiger partial charge in [-0.05, 0) is 102 Å². The first-order valence-corrected chi connectivity index (χ1v) is 28.6.